The average molecular weight is 341 g/mol. The molecule has 1 fully saturated rings. The lowest BCUT2D eigenvalue weighted by Gasteiger charge is -2.32. The standard InChI is InChI=1S/C18H23N5O2/c1-22-8-9-23(12-18(22)24)17-11-16(20-13-21-17)19-7-6-14-4-3-5-15(10-14)25-2/h3-5,10-11,13H,6-9,12H2,1-2H3,(H,19,20,21). The largest absolute Gasteiger partial charge is 0.497 e. The smallest absolute Gasteiger partial charge is 0.241 e. The van der Waals surface area contributed by atoms with Gasteiger partial charge in [0.05, 0.1) is 13.7 Å². The second kappa shape index (κ2) is 7.83. The Hall–Kier alpha value is -2.83. The Bertz CT molecular complexity index is 737. The fourth-order valence-corrected chi connectivity index (χ4v) is 2.73. The quantitative estimate of drug-likeness (QED) is 0.857. The Labute approximate surface area is 147 Å². The molecule has 2 aromatic rings. The number of aromatic nitrogens is 2. The van der Waals surface area contributed by atoms with Crippen LogP contribution >= 0.6 is 0 Å². The van der Waals surface area contributed by atoms with Crippen molar-refractivity contribution < 1.29 is 9.53 Å². The van der Waals surface area contributed by atoms with Crippen LogP contribution in [0.2, 0.25) is 0 Å². The predicted molar refractivity (Wildman–Crippen MR) is 97.1 cm³/mol. The van der Waals surface area contributed by atoms with E-state index in [4.69, 9.17) is 4.74 Å². The monoisotopic (exact) mass is 341 g/mol. The molecule has 1 aromatic heterocycles. The average Bonchev–Trinajstić information content (AvgIpc) is 2.64. The summed E-state index contributed by atoms with van der Waals surface area (Å²) in [6.45, 7) is 2.60. The molecule has 7 heteroatoms. The topological polar surface area (TPSA) is 70.6 Å². The van der Waals surface area contributed by atoms with E-state index in [0.29, 0.717) is 13.1 Å². The zero-order valence-electron chi connectivity index (χ0n) is 14.6. The summed E-state index contributed by atoms with van der Waals surface area (Å²) < 4.78 is 5.24. The summed E-state index contributed by atoms with van der Waals surface area (Å²) in [5, 5.41) is 3.32. The third kappa shape index (κ3) is 4.37. The first-order valence-corrected chi connectivity index (χ1v) is 8.33. The van der Waals surface area contributed by atoms with Gasteiger partial charge in [0.25, 0.3) is 0 Å². The Morgan fingerprint density at radius 2 is 2.12 bits per heavy atom. The molecule has 0 radical (unpaired) electrons. The number of carbonyl (C=O) groups excluding carboxylic acids is 1. The number of likely N-dealkylation sites (N-methyl/N-ethyl adjacent to an activating group) is 1. The van der Waals surface area contributed by atoms with Gasteiger partial charge in [0, 0.05) is 32.7 Å². The fraction of sp³-hybridized carbons (Fsp3) is 0.389. The number of benzene rings is 1. The van der Waals surface area contributed by atoms with E-state index >= 15 is 0 Å². The molecule has 25 heavy (non-hydrogen) atoms. The molecule has 3 rings (SSSR count). The van der Waals surface area contributed by atoms with Crippen LogP contribution in [-0.4, -0.2) is 61.1 Å². The van der Waals surface area contributed by atoms with Crippen LogP contribution in [0.1, 0.15) is 5.56 Å². The van der Waals surface area contributed by atoms with Crippen LogP contribution in [0, 0.1) is 0 Å². The molecule has 1 amide bonds. The van der Waals surface area contributed by atoms with E-state index in [1.165, 1.54) is 11.9 Å². The molecule has 1 N–H and O–H groups in total. The Balaban J connectivity index is 1.57. The number of nitrogens with one attached hydrogen (secondary N) is 1. The van der Waals surface area contributed by atoms with Crippen LogP contribution < -0.4 is 15.0 Å². The van der Waals surface area contributed by atoms with Crippen LogP contribution in [0.3, 0.4) is 0 Å². The number of methoxy groups -OCH3 is 1. The van der Waals surface area contributed by atoms with Crippen molar-refractivity contribution >= 4 is 17.5 Å². The summed E-state index contributed by atoms with van der Waals surface area (Å²) in [6.07, 6.45) is 2.40. The molecule has 1 saturated heterocycles. The molecular formula is C18H23N5O2. The summed E-state index contributed by atoms with van der Waals surface area (Å²) in [5.41, 5.74) is 1.20. The third-order valence-corrected chi connectivity index (χ3v) is 4.29. The summed E-state index contributed by atoms with van der Waals surface area (Å²) in [4.78, 5) is 24.1. The van der Waals surface area contributed by atoms with E-state index < -0.39 is 0 Å². The summed E-state index contributed by atoms with van der Waals surface area (Å²) in [5.74, 6) is 2.51. The van der Waals surface area contributed by atoms with Gasteiger partial charge in [-0.15, -0.1) is 0 Å². The van der Waals surface area contributed by atoms with Crippen molar-refractivity contribution in [1.82, 2.24) is 14.9 Å². The maximum atomic E-state index is 11.9. The van der Waals surface area contributed by atoms with Gasteiger partial charge in [-0.2, -0.15) is 0 Å². The van der Waals surface area contributed by atoms with E-state index in [2.05, 4.69) is 21.4 Å². The minimum absolute atomic E-state index is 0.109. The lowest BCUT2D eigenvalue weighted by Crippen LogP contribution is -2.48. The molecule has 0 atom stereocenters. The van der Waals surface area contributed by atoms with Crippen molar-refractivity contribution in [3.05, 3.63) is 42.2 Å². The van der Waals surface area contributed by atoms with Gasteiger partial charge in [-0.3, -0.25) is 4.79 Å². The molecule has 1 aromatic carbocycles. The second-order valence-corrected chi connectivity index (χ2v) is 6.03. The molecule has 1 aliphatic rings. The third-order valence-electron chi connectivity index (χ3n) is 4.29. The number of piperazine rings is 1. The molecular weight excluding hydrogens is 318 g/mol. The van der Waals surface area contributed by atoms with E-state index in [-0.39, 0.29) is 5.91 Å². The highest BCUT2D eigenvalue weighted by molar-refractivity contribution is 5.82. The number of carbonyl (C=O) groups is 1. The van der Waals surface area contributed by atoms with Crippen molar-refractivity contribution in [2.24, 2.45) is 0 Å². The number of ether oxygens (including phenoxy) is 1. The first-order valence-electron chi connectivity index (χ1n) is 8.33. The highest BCUT2D eigenvalue weighted by atomic mass is 16.5. The van der Waals surface area contributed by atoms with E-state index in [0.717, 1.165) is 36.9 Å². The van der Waals surface area contributed by atoms with Crippen molar-refractivity contribution in [1.29, 1.82) is 0 Å². The number of rotatable bonds is 6. The number of hydrogen-bond acceptors (Lipinski definition) is 6. The Morgan fingerprint density at radius 1 is 1.24 bits per heavy atom. The molecule has 0 saturated carbocycles. The zero-order valence-corrected chi connectivity index (χ0v) is 14.6. The molecule has 0 aliphatic carbocycles. The van der Waals surface area contributed by atoms with Gasteiger partial charge in [-0.25, -0.2) is 9.97 Å². The zero-order chi connectivity index (χ0) is 17.6. The normalized spacial score (nSPS) is 14.6. The number of anilines is 2. The van der Waals surface area contributed by atoms with Gasteiger partial charge < -0.3 is 19.9 Å². The van der Waals surface area contributed by atoms with Crippen molar-refractivity contribution in [3.8, 4) is 5.75 Å². The predicted octanol–water partition coefficient (Wildman–Crippen LogP) is 1.42. The minimum atomic E-state index is 0.109. The number of nitrogens with zero attached hydrogens (tertiary/aromatic N) is 4. The van der Waals surface area contributed by atoms with E-state index in [1.807, 2.05) is 36.2 Å². The van der Waals surface area contributed by atoms with E-state index in [1.54, 1.807) is 12.0 Å². The lowest BCUT2D eigenvalue weighted by molar-refractivity contribution is -0.129. The summed E-state index contributed by atoms with van der Waals surface area (Å²) >= 11 is 0. The van der Waals surface area contributed by atoms with Gasteiger partial charge in [0.2, 0.25) is 5.91 Å². The summed E-state index contributed by atoms with van der Waals surface area (Å²) in [7, 11) is 3.49. The van der Waals surface area contributed by atoms with Crippen LogP contribution in [0.4, 0.5) is 11.6 Å². The second-order valence-electron chi connectivity index (χ2n) is 6.03. The van der Waals surface area contributed by atoms with Gasteiger partial charge >= 0.3 is 0 Å². The maximum absolute atomic E-state index is 11.9. The molecule has 0 spiro atoms. The van der Waals surface area contributed by atoms with E-state index in [9.17, 15) is 4.79 Å². The molecule has 0 bridgehead atoms. The first kappa shape index (κ1) is 17.0. The van der Waals surface area contributed by atoms with Crippen LogP contribution in [-0.2, 0) is 11.2 Å². The Morgan fingerprint density at radius 3 is 2.92 bits per heavy atom. The van der Waals surface area contributed by atoms with Crippen LogP contribution in [0.25, 0.3) is 0 Å². The Kier molecular flexibility index (Phi) is 5.33. The van der Waals surface area contributed by atoms with Crippen LogP contribution in [0.15, 0.2) is 36.7 Å². The molecule has 0 unspecified atom stereocenters. The first-order chi connectivity index (χ1) is 12.2. The molecule has 2 heterocycles. The SMILES string of the molecule is COc1cccc(CCNc2cc(N3CCN(C)C(=O)C3)ncn2)c1. The van der Waals surface area contributed by atoms with Gasteiger partial charge in [0.15, 0.2) is 0 Å². The van der Waals surface area contributed by atoms with Crippen molar-refractivity contribution in [2.45, 2.75) is 6.42 Å². The molecule has 132 valence electrons. The highest BCUT2D eigenvalue weighted by Crippen LogP contribution is 2.17. The molecule has 1 aliphatic heterocycles. The van der Waals surface area contributed by atoms with Gasteiger partial charge in [0.1, 0.15) is 23.7 Å². The highest BCUT2D eigenvalue weighted by Gasteiger charge is 2.22. The fourth-order valence-electron chi connectivity index (χ4n) is 2.73. The van der Waals surface area contributed by atoms with Crippen molar-refractivity contribution in [3.63, 3.8) is 0 Å². The minimum Gasteiger partial charge on any atom is -0.497 e. The maximum Gasteiger partial charge on any atom is 0.241 e. The molecule has 7 nitrogen and oxygen atoms in total. The lowest BCUT2D eigenvalue weighted by atomic mass is 10.1. The van der Waals surface area contributed by atoms with Gasteiger partial charge in [-0.05, 0) is 24.1 Å². The number of hydrogen-bond donors (Lipinski definition) is 1. The van der Waals surface area contributed by atoms with Crippen molar-refractivity contribution in [2.75, 3.05) is 50.6 Å². The number of amides is 1. The summed E-state index contributed by atoms with van der Waals surface area (Å²) in [6, 6.07) is 9.92. The van der Waals surface area contributed by atoms with Crippen LogP contribution in [0.5, 0.6) is 5.75 Å². The van der Waals surface area contributed by atoms with Gasteiger partial charge in [-0.1, -0.05) is 12.1 Å².